The minimum atomic E-state index is -0.148. The summed E-state index contributed by atoms with van der Waals surface area (Å²) in [6.07, 6.45) is 4.05. The highest BCUT2D eigenvalue weighted by Gasteiger charge is 2.29. The molecule has 7 nitrogen and oxygen atoms in total. The van der Waals surface area contributed by atoms with Crippen molar-refractivity contribution in [1.29, 1.82) is 0 Å². The van der Waals surface area contributed by atoms with Crippen LogP contribution in [-0.2, 0) is 6.54 Å². The third kappa shape index (κ3) is 3.38. The number of nitrogens with one attached hydrogen (secondary N) is 1. The zero-order valence-electron chi connectivity index (χ0n) is 15.9. The van der Waals surface area contributed by atoms with Gasteiger partial charge in [0.05, 0.1) is 5.56 Å². The van der Waals surface area contributed by atoms with Gasteiger partial charge in [0.25, 0.3) is 5.91 Å². The molecular weight excluding hydrogens is 342 g/mol. The van der Waals surface area contributed by atoms with Gasteiger partial charge in [-0.2, -0.15) is 5.10 Å². The second-order valence-corrected chi connectivity index (χ2v) is 7.41. The number of piperidine rings is 1. The number of hydrogen-bond acceptors (Lipinski definition) is 4. The highest BCUT2D eigenvalue weighted by atomic mass is 16.2. The monoisotopic (exact) mass is 369 g/mol. The fraction of sp³-hybridized carbons (Fsp3) is 0.550. The molecule has 0 saturated carbocycles. The van der Waals surface area contributed by atoms with Crippen LogP contribution in [0.3, 0.4) is 0 Å². The van der Waals surface area contributed by atoms with E-state index in [0.717, 1.165) is 43.0 Å². The van der Waals surface area contributed by atoms with Gasteiger partial charge in [0.1, 0.15) is 5.82 Å². The summed E-state index contributed by atoms with van der Waals surface area (Å²) in [5.74, 6) is 1.17. The standard InChI is InChI=1S/C20H27N5O2/c1-2-25-18(21-22-20(25)27)15-9-13-24(14-10-15)19(26)16-7-3-4-8-17(16)23-11-5-6-12-23/h3-4,7-8,15H,2,5-6,9-14H2,1H3,(H,22,27). The van der Waals surface area contributed by atoms with Crippen LogP contribution in [0.15, 0.2) is 29.1 Å². The van der Waals surface area contributed by atoms with E-state index >= 15 is 0 Å². The second-order valence-electron chi connectivity index (χ2n) is 7.41. The number of hydrogen-bond donors (Lipinski definition) is 1. The number of aromatic amines is 1. The fourth-order valence-corrected chi connectivity index (χ4v) is 4.35. The Morgan fingerprint density at radius 2 is 1.85 bits per heavy atom. The first-order chi connectivity index (χ1) is 13.2. The van der Waals surface area contributed by atoms with Crippen LogP contribution in [0.5, 0.6) is 0 Å². The van der Waals surface area contributed by atoms with Crippen molar-refractivity contribution >= 4 is 11.6 Å². The van der Waals surface area contributed by atoms with E-state index in [4.69, 9.17) is 0 Å². The molecule has 1 aromatic carbocycles. The molecule has 0 spiro atoms. The van der Waals surface area contributed by atoms with Gasteiger partial charge in [-0.3, -0.25) is 9.36 Å². The van der Waals surface area contributed by atoms with Crippen LogP contribution in [-0.4, -0.2) is 51.8 Å². The Bertz CT molecular complexity index is 857. The number of aromatic nitrogens is 3. The van der Waals surface area contributed by atoms with Crippen LogP contribution < -0.4 is 10.6 Å². The lowest BCUT2D eigenvalue weighted by molar-refractivity contribution is 0.0711. The predicted molar refractivity (Wildman–Crippen MR) is 104 cm³/mol. The summed E-state index contributed by atoms with van der Waals surface area (Å²) in [6, 6.07) is 7.97. The van der Waals surface area contributed by atoms with Crippen molar-refractivity contribution in [2.75, 3.05) is 31.1 Å². The van der Waals surface area contributed by atoms with E-state index in [1.807, 2.05) is 30.0 Å². The first-order valence-electron chi connectivity index (χ1n) is 9.97. The Labute approximate surface area is 159 Å². The number of H-pyrrole nitrogens is 1. The van der Waals surface area contributed by atoms with Crippen molar-refractivity contribution in [2.24, 2.45) is 0 Å². The second kappa shape index (κ2) is 7.58. The molecule has 2 aliphatic heterocycles. The SMILES string of the molecule is CCn1c(C2CCN(C(=O)c3ccccc3N3CCCC3)CC2)n[nH]c1=O. The van der Waals surface area contributed by atoms with Crippen LogP contribution in [0.1, 0.15) is 54.7 Å². The zero-order chi connectivity index (χ0) is 18.8. The maximum absolute atomic E-state index is 13.2. The molecule has 7 heteroatoms. The lowest BCUT2D eigenvalue weighted by Gasteiger charge is -2.32. The lowest BCUT2D eigenvalue weighted by Crippen LogP contribution is -2.39. The van der Waals surface area contributed by atoms with E-state index in [0.29, 0.717) is 19.6 Å². The summed E-state index contributed by atoms with van der Waals surface area (Å²) in [6.45, 7) is 6.02. The molecule has 3 heterocycles. The maximum Gasteiger partial charge on any atom is 0.343 e. The van der Waals surface area contributed by atoms with Gasteiger partial charge < -0.3 is 9.80 Å². The minimum Gasteiger partial charge on any atom is -0.371 e. The average Bonchev–Trinajstić information content (AvgIpc) is 3.37. The number of rotatable bonds is 4. The van der Waals surface area contributed by atoms with Crippen LogP contribution in [0.4, 0.5) is 5.69 Å². The van der Waals surface area contributed by atoms with Gasteiger partial charge in [-0.1, -0.05) is 12.1 Å². The molecule has 1 aromatic heterocycles. The number of nitrogens with zero attached hydrogens (tertiary/aromatic N) is 4. The maximum atomic E-state index is 13.2. The van der Waals surface area contributed by atoms with E-state index in [1.54, 1.807) is 4.57 Å². The number of carbonyl (C=O) groups is 1. The molecule has 0 radical (unpaired) electrons. The number of amides is 1. The summed E-state index contributed by atoms with van der Waals surface area (Å²) in [5.41, 5.74) is 1.72. The van der Waals surface area contributed by atoms with Crippen LogP contribution in [0, 0.1) is 0 Å². The quantitative estimate of drug-likeness (QED) is 0.897. The van der Waals surface area contributed by atoms with Gasteiger partial charge >= 0.3 is 5.69 Å². The Morgan fingerprint density at radius 1 is 1.15 bits per heavy atom. The first-order valence-corrected chi connectivity index (χ1v) is 9.97. The molecule has 0 bridgehead atoms. The van der Waals surface area contributed by atoms with Crippen molar-refractivity contribution < 1.29 is 4.79 Å². The largest absolute Gasteiger partial charge is 0.371 e. The fourth-order valence-electron chi connectivity index (χ4n) is 4.35. The van der Waals surface area contributed by atoms with E-state index in [1.165, 1.54) is 12.8 Å². The molecule has 2 fully saturated rings. The lowest BCUT2D eigenvalue weighted by atomic mass is 9.95. The highest BCUT2D eigenvalue weighted by Crippen LogP contribution is 2.30. The summed E-state index contributed by atoms with van der Waals surface area (Å²) in [5, 5.41) is 6.78. The first kappa shape index (κ1) is 17.8. The molecular formula is C20H27N5O2. The molecule has 27 heavy (non-hydrogen) atoms. The van der Waals surface area contributed by atoms with Crippen LogP contribution in [0.25, 0.3) is 0 Å². The summed E-state index contributed by atoms with van der Waals surface area (Å²) in [7, 11) is 0. The number of para-hydroxylation sites is 1. The molecule has 2 saturated heterocycles. The number of carbonyl (C=O) groups excluding carboxylic acids is 1. The van der Waals surface area contributed by atoms with Gasteiger partial charge in [-0.15, -0.1) is 0 Å². The summed E-state index contributed by atoms with van der Waals surface area (Å²) >= 11 is 0. The number of anilines is 1. The molecule has 0 atom stereocenters. The number of benzene rings is 1. The predicted octanol–water partition coefficient (Wildman–Crippen LogP) is 2.21. The van der Waals surface area contributed by atoms with Gasteiger partial charge in [0.2, 0.25) is 0 Å². The van der Waals surface area contributed by atoms with Gasteiger partial charge in [0, 0.05) is 44.3 Å². The van der Waals surface area contributed by atoms with E-state index in [9.17, 15) is 9.59 Å². The molecule has 0 aliphatic carbocycles. The average molecular weight is 369 g/mol. The number of likely N-dealkylation sites (tertiary alicyclic amines) is 1. The van der Waals surface area contributed by atoms with Crippen molar-refractivity contribution in [1.82, 2.24) is 19.7 Å². The van der Waals surface area contributed by atoms with Gasteiger partial charge in [-0.05, 0) is 44.7 Å². The normalized spacial score (nSPS) is 18.3. The summed E-state index contributed by atoms with van der Waals surface area (Å²) < 4.78 is 1.70. The van der Waals surface area contributed by atoms with Crippen molar-refractivity contribution in [3.63, 3.8) is 0 Å². The van der Waals surface area contributed by atoms with E-state index in [-0.39, 0.29) is 17.5 Å². The molecule has 4 rings (SSSR count). The molecule has 2 aromatic rings. The Kier molecular flexibility index (Phi) is 5.01. The Morgan fingerprint density at radius 3 is 2.56 bits per heavy atom. The molecule has 1 amide bonds. The zero-order valence-corrected chi connectivity index (χ0v) is 15.9. The van der Waals surface area contributed by atoms with Crippen LogP contribution in [0.2, 0.25) is 0 Å². The third-order valence-corrected chi connectivity index (χ3v) is 5.83. The molecule has 144 valence electrons. The van der Waals surface area contributed by atoms with E-state index in [2.05, 4.69) is 21.2 Å². The third-order valence-electron chi connectivity index (χ3n) is 5.83. The Balaban J connectivity index is 1.47. The minimum absolute atomic E-state index is 0.117. The van der Waals surface area contributed by atoms with Crippen molar-refractivity contribution in [3.05, 3.63) is 46.1 Å². The topological polar surface area (TPSA) is 74.2 Å². The molecule has 0 unspecified atom stereocenters. The smallest absolute Gasteiger partial charge is 0.343 e. The highest BCUT2D eigenvalue weighted by molar-refractivity contribution is 6.00. The summed E-state index contributed by atoms with van der Waals surface area (Å²) in [4.78, 5) is 29.3. The van der Waals surface area contributed by atoms with Crippen LogP contribution >= 0.6 is 0 Å². The van der Waals surface area contributed by atoms with Gasteiger partial charge in [-0.25, -0.2) is 9.89 Å². The Hall–Kier alpha value is -2.57. The van der Waals surface area contributed by atoms with Crippen molar-refractivity contribution in [2.45, 2.75) is 45.1 Å². The van der Waals surface area contributed by atoms with Gasteiger partial charge in [0.15, 0.2) is 0 Å². The molecule has 2 aliphatic rings. The van der Waals surface area contributed by atoms with Crippen molar-refractivity contribution in [3.8, 4) is 0 Å². The van der Waals surface area contributed by atoms with E-state index < -0.39 is 0 Å². The molecule has 1 N–H and O–H groups in total.